The van der Waals surface area contributed by atoms with Crippen molar-refractivity contribution in [3.05, 3.63) is 84.9 Å². The Hall–Kier alpha value is -2.51. The molecule has 0 aromatic heterocycles. The lowest BCUT2D eigenvalue weighted by Crippen LogP contribution is -2.13. The largest absolute Gasteiger partial charge is 0.441 e. The number of anilines is 1. The second kappa shape index (κ2) is 5.94. The monoisotopic (exact) mass is 320 g/mol. The molecule has 1 atom stereocenters. The van der Waals surface area contributed by atoms with Crippen LogP contribution >= 0.6 is 8.03 Å². The lowest BCUT2D eigenvalue weighted by atomic mass is 9.98. The number of para-hydroxylation sites is 2. The molecule has 0 saturated heterocycles. The standard InChI is InChI=1S/C19H15NO2P/c21-23-18-12-6-7-14(13-20-15-8-2-1-3-9-15)19(18)16-10-4-5-11-17(16)22-23/h1-13,20,23H. The highest BCUT2D eigenvalue weighted by Gasteiger charge is 2.24. The SMILES string of the molecule is O=[PH]1Oc2ccccc2-c2c([CH]Nc3ccccc3)cccc21. The average molecular weight is 320 g/mol. The van der Waals surface area contributed by atoms with E-state index in [2.05, 4.69) is 5.32 Å². The molecule has 4 heteroatoms. The quantitative estimate of drug-likeness (QED) is 0.724. The molecule has 0 fully saturated rings. The van der Waals surface area contributed by atoms with Crippen molar-refractivity contribution in [2.24, 2.45) is 0 Å². The van der Waals surface area contributed by atoms with Crippen molar-refractivity contribution in [3.8, 4) is 16.9 Å². The van der Waals surface area contributed by atoms with Gasteiger partial charge in [0.25, 0.3) is 8.03 Å². The first-order valence-electron chi connectivity index (χ1n) is 7.42. The Morgan fingerprint density at radius 1 is 0.870 bits per heavy atom. The first-order chi connectivity index (χ1) is 11.3. The summed E-state index contributed by atoms with van der Waals surface area (Å²) >= 11 is 0. The van der Waals surface area contributed by atoms with Crippen LogP contribution in [-0.2, 0) is 4.57 Å². The lowest BCUT2D eigenvalue weighted by molar-refractivity contribution is 0.513. The van der Waals surface area contributed by atoms with Gasteiger partial charge >= 0.3 is 0 Å². The molecule has 0 aliphatic carbocycles. The second-order valence-electron chi connectivity index (χ2n) is 5.31. The van der Waals surface area contributed by atoms with E-state index in [1.165, 1.54) is 0 Å². The minimum atomic E-state index is -2.26. The molecule has 0 bridgehead atoms. The van der Waals surface area contributed by atoms with Crippen molar-refractivity contribution in [2.45, 2.75) is 0 Å². The highest BCUT2D eigenvalue weighted by atomic mass is 31.1. The van der Waals surface area contributed by atoms with Crippen LogP contribution in [0, 0.1) is 6.54 Å². The van der Waals surface area contributed by atoms with E-state index in [-0.39, 0.29) is 0 Å². The van der Waals surface area contributed by atoms with Gasteiger partial charge in [-0.05, 0) is 29.8 Å². The highest BCUT2D eigenvalue weighted by molar-refractivity contribution is 7.49. The third-order valence-electron chi connectivity index (χ3n) is 3.84. The van der Waals surface area contributed by atoms with E-state index in [0.717, 1.165) is 27.7 Å². The minimum absolute atomic E-state index is 0.685. The van der Waals surface area contributed by atoms with Crippen LogP contribution < -0.4 is 15.1 Å². The average Bonchev–Trinajstić information content (AvgIpc) is 2.61. The van der Waals surface area contributed by atoms with Gasteiger partial charge in [0.15, 0.2) is 0 Å². The summed E-state index contributed by atoms with van der Waals surface area (Å²) in [5.74, 6) is 0.685. The van der Waals surface area contributed by atoms with Crippen LogP contribution in [-0.4, -0.2) is 0 Å². The Labute approximate surface area is 135 Å². The molecule has 3 aromatic rings. The van der Waals surface area contributed by atoms with E-state index in [1.54, 1.807) is 0 Å². The van der Waals surface area contributed by atoms with E-state index in [9.17, 15) is 4.57 Å². The first kappa shape index (κ1) is 14.1. The number of benzene rings is 3. The fraction of sp³-hybridized carbons (Fsp3) is 0. The Balaban J connectivity index is 1.75. The summed E-state index contributed by atoms with van der Waals surface area (Å²) in [6.45, 7) is 1.95. The zero-order valence-electron chi connectivity index (χ0n) is 12.3. The van der Waals surface area contributed by atoms with Gasteiger partial charge in [-0.1, -0.05) is 48.5 Å². The van der Waals surface area contributed by atoms with Crippen LogP contribution in [0.15, 0.2) is 72.8 Å². The zero-order chi connectivity index (χ0) is 15.6. The maximum absolute atomic E-state index is 12.4. The number of rotatable bonds is 3. The van der Waals surface area contributed by atoms with E-state index in [1.807, 2.05) is 79.3 Å². The van der Waals surface area contributed by atoms with Crippen LogP contribution in [0.4, 0.5) is 5.69 Å². The Kier molecular flexibility index (Phi) is 3.64. The van der Waals surface area contributed by atoms with E-state index >= 15 is 0 Å². The second-order valence-corrected chi connectivity index (χ2v) is 6.63. The third kappa shape index (κ3) is 2.64. The summed E-state index contributed by atoms with van der Waals surface area (Å²) in [6, 6.07) is 23.5. The molecular formula is C19H15NO2P. The molecule has 0 spiro atoms. The molecule has 1 heterocycles. The van der Waals surface area contributed by atoms with Gasteiger partial charge in [-0.3, -0.25) is 4.57 Å². The van der Waals surface area contributed by atoms with Gasteiger partial charge in [0, 0.05) is 16.8 Å². The van der Waals surface area contributed by atoms with Gasteiger partial charge in [-0.15, -0.1) is 0 Å². The van der Waals surface area contributed by atoms with Crippen molar-refractivity contribution >= 4 is 19.0 Å². The normalized spacial score (nSPS) is 15.2. The summed E-state index contributed by atoms with van der Waals surface area (Å²) in [4.78, 5) is 0. The number of nitrogens with one attached hydrogen (secondary N) is 1. The fourth-order valence-electron chi connectivity index (χ4n) is 2.77. The van der Waals surface area contributed by atoms with Crippen LogP contribution in [0.1, 0.15) is 5.56 Å². The Morgan fingerprint density at radius 2 is 1.65 bits per heavy atom. The molecule has 0 amide bonds. The molecule has 3 aromatic carbocycles. The fourth-order valence-corrected chi connectivity index (χ4v) is 3.98. The van der Waals surface area contributed by atoms with Crippen LogP contribution in [0.5, 0.6) is 5.75 Å². The minimum Gasteiger partial charge on any atom is -0.441 e. The van der Waals surface area contributed by atoms with Gasteiger partial charge in [0.1, 0.15) is 5.75 Å². The Morgan fingerprint density at radius 3 is 2.52 bits per heavy atom. The molecule has 1 radical (unpaired) electrons. The topological polar surface area (TPSA) is 38.3 Å². The first-order valence-corrected chi connectivity index (χ1v) is 8.74. The van der Waals surface area contributed by atoms with Gasteiger partial charge in [-0.2, -0.15) is 0 Å². The van der Waals surface area contributed by atoms with Crippen molar-refractivity contribution in [2.75, 3.05) is 5.32 Å². The predicted octanol–water partition coefficient (Wildman–Crippen LogP) is 4.47. The number of hydrogen-bond donors (Lipinski definition) is 1. The molecule has 23 heavy (non-hydrogen) atoms. The van der Waals surface area contributed by atoms with Crippen molar-refractivity contribution < 1.29 is 9.09 Å². The molecule has 0 saturated carbocycles. The van der Waals surface area contributed by atoms with Crippen LogP contribution in [0.2, 0.25) is 0 Å². The number of fused-ring (bicyclic) bond motifs is 3. The van der Waals surface area contributed by atoms with Gasteiger partial charge < -0.3 is 9.84 Å². The van der Waals surface area contributed by atoms with Crippen molar-refractivity contribution in [1.82, 2.24) is 0 Å². The van der Waals surface area contributed by atoms with E-state index in [0.29, 0.717) is 5.75 Å². The molecule has 1 unspecified atom stereocenters. The summed E-state index contributed by atoms with van der Waals surface area (Å²) in [5, 5.41) is 4.08. The van der Waals surface area contributed by atoms with E-state index < -0.39 is 8.03 Å². The molecule has 1 aliphatic rings. The zero-order valence-corrected chi connectivity index (χ0v) is 13.3. The number of hydrogen-bond acceptors (Lipinski definition) is 3. The summed E-state index contributed by atoms with van der Waals surface area (Å²) in [6.07, 6.45) is 0. The molecule has 113 valence electrons. The maximum atomic E-state index is 12.4. The van der Waals surface area contributed by atoms with E-state index in [4.69, 9.17) is 4.52 Å². The lowest BCUT2D eigenvalue weighted by Gasteiger charge is -2.23. The van der Waals surface area contributed by atoms with Crippen LogP contribution in [0.25, 0.3) is 11.1 Å². The van der Waals surface area contributed by atoms with Gasteiger partial charge in [-0.25, -0.2) is 0 Å². The predicted molar refractivity (Wildman–Crippen MR) is 94.6 cm³/mol. The summed E-state index contributed by atoms with van der Waals surface area (Å²) in [5.41, 5.74) is 3.98. The molecule has 3 nitrogen and oxygen atoms in total. The van der Waals surface area contributed by atoms with Crippen molar-refractivity contribution in [1.29, 1.82) is 0 Å². The smallest absolute Gasteiger partial charge is 0.266 e. The molecule has 1 N–H and O–H groups in total. The molecule has 4 rings (SSSR count). The Bertz CT molecular complexity index is 878. The van der Waals surface area contributed by atoms with Crippen molar-refractivity contribution in [3.63, 3.8) is 0 Å². The molecular weight excluding hydrogens is 305 g/mol. The third-order valence-corrected chi connectivity index (χ3v) is 5.11. The van der Waals surface area contributed by atoms with Crippen LogP contribution in [0.3, 0.4) is 0 Å². The van der Waals surface area contributed by atoms with Gasteiger partial charge in [0.2, 0.25) is 0 Å². The molecule has 1 aliphatic heterocycles. The summed E-state index contributed by atoms with van der Waals surface area (Å²) < 4.78 is 18.0. The maximum Gasteiger partial charge on any atom is 0.266 e. The van der Waals surface area contributed by atoms with Gasteiger partial charge in [0.05, 0.1) is 11.8 Å². The highest BCUT2D eigenvalue weighted by Crippen LogP contribution is 2.44. The summed E-state index contributed by atoms with van der Waals surface area (Å²) in [7, 11) is -2.26.